The van der Waals surface area contributed by atoms with Gasteiger partial charge in [0.15, 0.2) is 0 Å². The maximum atomic E-state index is 13.2. The number of hydrogen-bond acceptors (Lipinski definition) is 6. The minimum atomic E-state index is -3.89. The van der Waals surface area contributed by atoms with Crippen molar-refractivity contribution in [1.82, 2.24) is 19.8 Å². The van der Waals surface area contributed by atoms with Crippen molar-refractivity contribution in [2.75, 3.05) is 19.6 Å². The summed E-state index contributed by atoms with van der Waals surface area (Å²) in [6, 6.07) is 11.2. The van der Waals surface area contributed by atoms with E-state index < -0.39 is 28.0 Å². The van der Waals surface area contributed by atoms with Gasteiger partial charge in [-0.1, -0.05) is 41.9 Å². The molecule has 2 aliphatic rings. The highest BCUT2D eigenvalue weighted by Gasteiger charge is 2.37. The van der Waals surface area contributed by atoms with Gasteiger partial charge in [0.05, 0.1) is 16.9 Å². The van der Waals surface area contributed by atoms with Crippen molar-refractivity contribution in [3.8, 4) is 0 Å². The number of nitrogens with zero attached hydrogens (tertiary/aromatic N) is 2. The van der Waals surface area contributed by atoms with Crippen LogP contribution in [0.5, 0.6) is 0 Å². The number of amides is 3. The Morgan fingerprint density at radius 1 is 1.13 bits per heavy atom. The number of likely N-dealkylation sites (tertiary alicyclic amines) is 2. The van der Waals surface area contributed by atoms with Gasteiger partial charge < -0.3 is 15.1 Å². The lowest BCUT2D eigenvalue weighted by Gasteiger charge is -2.34. The Kier molecular flexibility index (Phi) is 9.24. The SMILES string of the molecule is C[C@H](NC(=O)[C@@H]1CCCN1C(=O)CN1CCC[C@H](NS(=O)(=O)/C=C/c2ccc(Cl)s2)C1=O)c1ccccc1. The molecule has 0 unspecified atom stereocenters. The Hall–Kier alpha value is -2.73. The second kappa shape index (κ2) is 12.4. The van der Waals surface area contributed by atoms with Gasteiger partial charge in [-0.15, -0.1) is 11.3 Å². The van der Waals surface area contributed by atoms with Gasteiger partial charge in [0.2, 0.25) is 27.7 Å². The monoisotopic (exact) mass is 578 g/mol. The molecule has 0 aliphatic carbocycles. The van der Waals surface area contributed by atoms with Crippen LogP contribution in [0.3, 0.4) is 0 Å². The molecule has 3 heterocycles. The summed E-state index contributed by atoms with van der Waals surface area (Å²) in [5.74, 6) is -0.985. The molecule has 1 aromatic heterocycles. The zero-order valence-electron chi connectivity index (χ0n) is 21.0. The number of carbonyl (C=O) groups is 3. The summed E-state index contributed by atoms with van der Waals surface area (Å²) in [6.45, 7) is 2.49. The molecule has 38 heavy (non-hydrogen) atoms. The maximum absolute atomic E-state index is 13.2. The standard InChI is InChI=1S/C26H31ClN4O5S2/c1-18(19-7-3-2-4-8-19)28-25(33)22-10-6-15-31(22)24(32)17-30-14-5-9-21(26(30)34)29-38(35,36)16-13-20-11-12-23(27)37-20/h2-4,7-8,11-13,16,18,21-22,29H,5-6,9-10,14-15,17H2,1H3,(H,28,33)/b16-13+/t18-,21-,22-/m0/s1. The Morgan fingerprint density at radius 2 is 1.87 bits per heavy atom. The predicted octanol–water partition coefficient (Wildman–Crippen LogP) is 3.15. The molecular formula is C26H31ClN4O5S2. The second-order valence-electron chi connectivity index (χ2n) is 9.45. The van der Waals surface area contributed by atoms with Gasteiger partial charge in [0, 0.05) is 23.4 Å². The van der Waals surface area contributed by atoms with Gasteiger partial charge in [-0.05, 0) is 56.4 Å². The topological polar surface area (TPSA) is 116 Å². The van der Waals surface area contributed by atoms with E-state index in [0.29, 0.717) is 48.0 Å². The second-order valence-corrected chi connectivity index (χ2v) is 12.8. The fraction of sp³-hybridized carbons (Fsp3) is 0.423. The molecule has 2 aromatic rings. The van der Waals surface area contributed by atoms with Crippen molar-refractivity contribution in [2.45, 2.75) is 50.7 Å². The molecule has 0 saturated carbocycles. The first-order valence-corrected chi connectivity index (χ1v) is 15.3. The fourth-order valence-electron chi connectivity index (χ4n) is 4.75. The molecule has 1 aromatic carbocycles. The number of halogens is 1. The molecule has 4 rings (SSSR count). The number of sulfonamides is 1. The fourth-order valence-corrected chi connectivity index (χ4v) is 6.81. The van der Waals surface area contributed by atoms with E-state index in [-0.39, 0.29) is 24.4 Å². The first kappa shape index (κ1) is 28.3. The van der Waals surface area contributed by atoms with Gasteiger partial charge in [-0.25, -0.2) is 8.42 Å². The highest BCUT2D eigenvalue weighted by Crippen LogP contribution is 2.23. The highest BCUT2D eigenvalue weighted by atomic mass is 35.5. The van der Waals surface area contributed by atoms with E-state index >= 15 is 0 Å². The van der Waals surface area contributed by atoms with Crippen LogP contribution in [0.25, 0.3) is 6.08 Å². The lowest BCUT2D eigenvalue weighted by molar-refractivity contribution is -0.145. The summed E-state index contributed by atoms with van der Waals surface area (Å²) in [7, 11) is -3.89. The third kappa shape index (κ3) is 7.22. The molecule has 9 nitrogen and oxygen atoms in total. The van der Waals surface area contributed by atoms with E-state index in [1.807, 2.05) is 37.3 Å². The average Bonchev–Trinajstić information content (AvgIpc) is 3.55. The van der Waals surface area contributed by atoms with E-state index in [4.69, 9.17) is 11.6 Å². The zero-order valence-corrected chi connectivity index (χ0v) is 23.4. The molecule has 2 aliphatic heterocycles. The summed E-state index contributed by atoms with van der Waals surface area (Å²) in [6.07, 6.45) is 3.56. The average molecular weight is 579 g/mol. The molecule has 3 atom stereocenters. The molecular weight excluding hydrogens is 548 g/mol. The van der Waals surface area contributed by atoms with Gasteiger partial charge in [-0.3, -0.25) is 14.4 Å². The lowest BCUT2D eigenvalue weighted by atomic mass is 10.1. The van der Waals surface area contributed by atoms with Crippen LogP contribution in [0.1, 0.15) is 49.1 Å². The summed E-state index contributed by atoms with van der Waals surface area (Å²) >= 11 is 7.12. The summed E-state index contributed by atoms with van der Waals surface area (Å²) < 4.78 is 28.1. The highest BCUT2D eigenvalue weighted by molar-refractivity contribution is 7.92. The predicted molar refractivity (Wildman–Crippen MR) is 148 cm³/mol. The summed E-state index contributed by atoms with van der Waals surface area (Å²) in [4.78, 5) is 42.8. The molecule has 0 spiro atoms. The van der Waals surface area contributed by atoms with Gasteiger partial charge >= 0.3 is 0 Å². The summed E-state index contributed by atoms with van der Waals surface area (Å²) in [5, 5.41) is 4.00. The number of carbonyl (C=O) groups excluding carboxylic acids is 3. The summed E-state index contributed by atoms with van der Waals surface area (Å²) in [5.41, 5.74) is 0.971. The Bertz CT molecular complexity index is 1300. The first-order chi connectivity index (χ1) is 18.1. The van der Waals surface area contributed by atoms with Crippen LogP contribution < -0.4 is 10.0 Å². The molecule has 2 N–H and O–H groups in total. The minimum absolute atomic E-state index is 0.196. The van der Waals surface area contributed by atoms with Crippen molar-refractivity contribution < 1.29 is 22.8 Å². The van der Waals surface area contributed by atoms with Gasteiger partial charge in [-0.2, -0.15) is 4.72 Å². The third-order valence-electron chi connectivity index (χ3n) is 6.70. The van der Waals surface area contributed by atoms with Crippen LogP contribution in [-0.4, -0.2) is 67.7 Å². The van der Waals surface area contributed by atoms with Crippen LogP contribution in [-0.2, 0) is 24.4 Å². The van der Waals surface area contributed by atoms with Crippen LogP contribution >= 0.6 is 22.9 Å². The van der Waals surface area contributed by atoms with E-state index in [9.17, 15) is 22.8 Å². The Labute approximate surface area is 231 Å². The number of piperidine rings is 1. The quantitative estimate of drug-likeness (QED) is 0.474. The van der Waals surface area contributed by atoms with Gasteiger partial charge in [0.25, 0.3) is 0 Å². The minimum Gasteiger partial charge on any atom is -0.348 e. The molecule has 2 saturated heterocycles. The largest absolute Gasteiger partial charge is 0.348 e. The molecule has 0 radical (unpaired) electrons. The molecule has 0 bridgehead atoms. The van der Waals surface area contributed by atoms with E-state index in [2.05, 4.69) is 10.0 Å². The van der Waals surface area contributed by atoms with Crippen LogP contribution in [0.2, 0.25) is 4.34 Å². The molecule has 204 valence electrons. The van der Waals surface area contributed by atoms with Crippen LogP contribution in [0.4, 0.5) is 0 Å². The molecule has 2 fully saturated rings. The number of benzene rings is 1. The maximum Gasteiger partial charge on any atom is 0.243 e. The zero-order chi connectivity index (χ0) is 27.3. The molecule has 12 heteroatoms. The Balaban J connectivity index is 1.34. The number of thiophene rings is 1. The van der Waals surface area contributed by atoms with Crippen molar-refractivity contribution in [2.24, 2.45) is 0 Å². The normalized spacial score (nSPS) is 21.2. The molecule has 3 amide bonds. The van der Waals surface area contributed by atoms with Crippen LogP contribution in [0.15, 0.2) is 47.9 Å². The van der Waals surface area contributed by atoms with Crippen molar-refractivity contribution >= 4 is 56.8 Å². The number of nitrogens with one attached hydrogen (secondary N) is 2. The Morgan fingerprint density at radius 3 is 2.58 bits per heavy atom. The number of rotatable bonds is 9. The number of hydrogen-bond donors (Lipinski definition) is 2. The lowest BCUT2D eigenvalue weighted by Crippen LogP contribution is -2.55. The van der Waals surface area contributed by atoms with Crippen molar-refractivity contribution in [3.63, 3.8) is 0 Å². The van der Waals surface area contributed by atoms with E-state index in [1.165, 1.54) is 27.2 Å². The first-order valence-electron chi connectivity index (χ1n) is 12.5. The van der Waals surface area contributed by atoms with Crippen molar-refractivity contribution in [1.29, 1.82) is 0 Å². The van der Waals surface area contributed by atoms with E-state index in [0.717, 1.165) is 11.0 Å². The third-order valence-corrected chi connectivity index (χ3v) is 9.01. The van der Waals surface area contributed by atoms with Crippen LogP contribution in [0, 0.1) is 0 Å². The van der Waals surface area contributed by atoms with Gasteiger partial charge in [0.1, 0.15) is 12.1 Å². The van der Waals surface area contributed by atoms with Crippen molar-refractivity contribution in [3.05, 3.63) is 62.6 Å². The van der Waals surface area contributed by atoms with E-state index in [1.54, 1.807) is 12.1 Å². The smallest absolute Gasteiger partial charge is 0.243 e.